The van der Waals surface area contributed by atoms with Crippen LogP contribution in [-0.2, 0) is 16.3 Å². The maximum Gasteiger partial charge on any atom is 0.274 e. The Morgan fingerprint density at radius 1 is 1.03 bits per heavy atom. The van der Waals surface area contributed by atoms with Crippen molar-refractivity contribution in [3.05, 3.63) is 60.4 Å². The number of benzene rings is 2. The van der Waals surface area contributed by atoms with E-state index in [-0.39, 0.29) is 0 Å². The fraction of sp³-hybridized carbons (Fsp3) is 0.370. The second kappa shape index (κ2) is 9.12. The minimum Gasteiger partial charge on any atom is -0.470 e. The summed E-state index contributed by atoms with van der Waals surface area (Å²) in [4.78, 5) is 16.4. The summed E-state index contributed by atoms with van der Waals surface area (Å²) in [6, 6.07) is 13.1. The van der Waals surface area contributed by atoms with Crippen LogP contribution in [0.5, 0.6) is 5.19 Å². The lowest BCUT2D eigenvalue weighted by Gasteiger charge is -2.19. The van der Waals surface area contributed by atoms with Gasteiger partial charge < -0.3 is 9.64 Å². The number of fused-ring (bicyclic) bond motifs is 2. The van der Waals surface area contributed by atoms with E-state index in [4.69, 9.17) is 4.74 Å². The van der Waals surface area contributed by atoms with Crippen LogP contribution in [-0.4, -0.2) is 49.3 Å². The Kier molecular flexibility index (Phi) is 5.92. The molecule has 1 aliphatic carbocycles. The molecule has 0 N–H and O–H groups in total. The van der Waals surface area contributed by atoms with E-state index in [0.717, 1.165) is 53.2 Å². The zero-order valence-corrected chi connectivity index (χ0v) is 21.9. The number of anilines is 1. The lowest BCUT2D eigenvalue weighted by atomic mass is 10.1. The Balaban J connectivity index is 1.06. The van der Waals surface area contributed by atoms with Crippen LogP contribution in [0.4, 0.5) is 5.95 Å². The maximum absolute atomic E-state index is 11.7. The number of piperidine rings is 1. The van der Waals surface area contributed by atoms with Gasteiger partial charge >= 0.3 is 0 Å². The zero-order valence-electron chi connectivity index (χ0n) is 20.3. The van der Waals surface area contributed by atoms with Crippen molar-refractivity contribution in [3.8, 4) is 16.3 Å². The molecule has 6 rings (SSSR count). The fourth-order valence-corrected chi connectivity index (χ4v) is 6.69. The normalized spacial score (nSPS) is 21.1. The number of sulfone groups is 1. The molecule has 36 heavy (non-hydrogen) atoms. The van der Waals surface area contributed by atoms with Gasteiger partial charge in [0.15, 0.2) is 9.84 Å². The highest BCUT2D eigenvalue weighted by atomic mass is 32.2. The van der Waals surface area contributed by atoms with Crippen molar-refractivity contribution in [2.24, 2.45) is 17.8 Å². The standard InChI is InChI=1S/C27H28N4O3S2/c1-3-4-17-12-28-26(29-13-17)31-14-21-22(15-31)23(21)16-34-27-30-24-10-7-19(11-25(24)35-27)18-5-8-20(9-6-18)36(2,32)33/h5-13,21-23H,3-4,14-16H2,1-2H3/t21-,22+,23?. The van der Waals surface area contributed by atoms with Crippen molar-refractivity contribution >= 4 is 37.3 Å². The topological polar surface area (TPSA) is 85.3 Å². The van der Waals surface area contributed by atoms with E-state index in [1.165, 1.54) is 11.8 Å². The first-order chi connectivity index (χ1) is 17.4. The number of hydrogen-bond donors (Lipinski definition) is 0. The van der Waals surface area contributed by atoms with Gasteiger partial charge in [-0.2, -0.15) is 0 Å². The molecule has 3 heterocycles. The van der Waals surface area contributed by atoms with Crippen molar-refractivity contribution < 1.29 is 13.2 Å². The first-order valence-corrected chi connectivity index (χ1v) is 15.0. The lowest BCUT2D eigenvalue weighted by molar-refractivity contribution is 0.282. The van der Waals surface area contributed by atoms with Gasteiger partial charge in [0.25, 0.3) is 5.19 Å². The van der Waals surface area contributed by atoms with Gasteiger partial charge in [0, 0.05) is 37.7 Å². The highest BCUT2D eigenvalue weighted by molar-refractivity contribution is 7.90. The van der Waals surface area contributed by atoms with Crippen LogP contribution in [0.15, 0.2) is 59.8 Å². The Morgan fingerprint density at radius 2 is 1.72 bits per heavy atom. The highest BCUT2D eigenvalue weighted by Gasteiger charge is 2.56. The Bertz CT molecular complexity index is 1490. The van der Waals surface area contributed by atoms with Gasteiger partial charge in [0.1, 0.15) is 0 Å². The molecule has 4 aromatic rings. The number of rotatable bonds is 8. The van der Waals surface area contributed by atoms with E-state index in [1.54, 1.807) is 23.5 Å². The molecular formula is C27H28N4O3S2. The quantitative estimate of drug-likeness (QED) is 0.328. The van der Waals surface area contributed by atoms with Crippen LogP contribution >= 0.6 is 11.3 Å². The lowest BCUT2D eigenvalue weighted by Crippen LogP contribution is -2.27. The van der Waals surface area contributed by atoms with Gasteiger partial charge in [0.05, 0.1) is 21.7 Å². The molecule has 1 aliphatic heterocycles. The monoisotopic (exact) mass is 520 g/mol. The van der Waals surface area contributed by atoms with Crippen molar-refractivity contribution in [2.75, 3.05) is 30.9 Å². The number of nitrogens with zero attached hydrogens (tertiary/aromatic N) is 4. The summed E-state index contributed by atoms with van der Waals surface area (Å²) in [5.41, 5.74) is 4.11. The molecule has 0 spiro atoms. The molecule has 0 radical (unpaired) electrons. The minimum absolute atomic E-state index is 0.325. The first-order valence-electron chi connectivity index (χ1n) is 12.3. The van der Waals surface area contributed by atoms with Crippen LogP contribution in [0.3, 0.4) is 0 Å². The number of aromatic nitrogens is 3. The predicted octanol–water partition coefficient (Wildman–Crippen LogP) is 4.87. The van der Waals surface area contributed by atoms with E-state index in [9.17, 15) is 8.42 Å². The van der Waals surface area contributed by atoms with Crippen molar-refractivity contribution in [2.45, 2.75) is 24.7 Å². The molecule has 1 saturated carbocycles. The van der Waals surface area contributed by atoms with Gasteiger partial charge in [-0.3, -0.25) is 0 Å². The van der Waals surface area contributed by atoms with Gasteiger partial charge in [-0.25, -0.2) is 23.4 Å². The third kappa shape index (κ3) is 4.57. The summed E-state index contributed by atoms with van der Waals surface area (Å²) >= 11 is 1.55. The van der Waals surface area contributed by atoms with Crippen molar-refractivity contribution in [1.29, 1.82) is 0 Å². The molecule has 2 aromatic carbocycles. The Hall–Kier alpha value is -3.04. The van der Waals surface area contributed by atoms with E-state index < -0.39 is 9.84 Å². The Labute approximate surface area is 215 Å². The molecule has 2 aromatic heterocycles. The zero-order chi connectivity index (χ0) is 24.9. The summed E-state index contributed by atoms with van der Waals surface area (Å²) in [6.45, 7) is 4.85. The number of hydrogen-bond acceptors (Lipinski definition) is 8. The van der Waals surface area contributed by atoms with Gasteiger partial charge in [-0.05, 0) is 59.2 Å². The third-order valence-electron chi connectivity index (χ3n) is 7.27. The van der Waals surface area contributed by atoms with Crippen LogP contribution in [0.25, 0.3) is 21.3 Å². The van der Waals surface area contributed by atoms with Crippen LogP contribution in [0.1, 0.15) is 18.9 Å². The molecule has 186 valence electrons. The van der Waals surface area contributed by atoms with Crippen molar-refractivity contribution in [1.82, 2.24) is 15.0 Å². The second-order valence-electron chi connectivity index (χ2n) is 9.81. The fourth-order valence-electron chi connectivity index (χ4n) is 5.20. The van der Waals surface area contributed by atoms with Gasteiger partial charge in [0.2, 0.25) is 5.95 Å². The largest absolute Gasteiger partial charge is 0.470 e. The number of aryl methyl sites for hydroxylation is 1. The average Bonchev–Trinajstić information content (AvgIpc) is 3.19. The highest BCUT2D eigenvalue weighted by Crippen LogP contribution is 2.52. The predicted molar refractivity (Wildman–Crippen MR) is 142 cm³/mol. The third-order valence-corrected chi connectivity index (χ3v) is 9.33. The molecule has 1 saturated heterocycles. The molecule has 9 heteroatoms. The molecule has 0 bridgehead atoms. The molecule has 0 amide bonds. The SMILES string of the molecule is CCCc1cnc(N2C[C@@H]3C(COc4nc5ccc(-c6ccc(S(C)(=O)=O)cc6)cc5s4)[C@@H]3C2)nc1. The average molecular weight is 521 g/mol. The number of ether oxygens (including phenoxy) is 1. The first kappa shape index (κ1) is 23.4. The smallest absolute Gasteiger partial charge is 0.274 e. The minimum atomic E-state index is -3.20. The summed E-state index contributed by atoms with van der Waals surface area (Å²) in [5, 5.41) is 0.700. The molecule has 2 aliphatic rings. The number of thiazole rings is 1. The van der Waals surface area contributed by atoms with E-state index in [1.807, 2.05) is 36.7 Å². The van der Waals surface area contributed by atoms with Crippen molar-refractivity contribution in [3.63, 3.8) is 0 Å². The maximum atomic E-state index is 11.7. The summed E-state index contributed by atoms with van der Waals surface area (Å²) < 4.78 is 30.6. The Morgan fingerprint density at radius 3 is 2.39 bits per heavy atom. The van der Waals surface area contributed by atoms with Gasteiger partial charge in [-0.1, -0.05) is 42.9 Å². The van der Waals surface area contributed by atoms with Crippen LogP contribution in [0.2, 0.25) is 0 Å². The van der Waals surface area contributed by atoms with E-state index in [2.05, 4.69) is 32.8 Å². The van der Waals surface area contributed by atoms with Crippen LogP contribution in [0, 0.1) is 17.8 Å². The van der Waals surface area contributed by atoms with Gasteiger partial charge in [-0.15, -0.1) is 0 Å². The summed E-state index contributed by atoms with van der Waals surface area (Å²) in [6.07, 6.45) is 7.27. The molecule has 2 fully saturated rings. The molecular weight excluding hydrogens is 492 g/mol. The second-order valence-corrected chi connectivity index (χ2v) is 12.8. The summed E-state index contributed by atoms with van der Waals surface area (Å²) in [7, 11) is -3.20. The van der Waals surface area contributed by atoms with E-state index >= 15 is 0 Å². The molecule has 7 nitrogen and oxygen atoms in total. The molecule has 1 unspecified atom stereocenters. The van der Waals surface area contributed by atoms with Crippen LogP contribution < -0.4 is 9.64 Å². The van der Waals surface area contributed by atoms with E-state index in [0.29, 0.717) is 34.4 Å². The summed E-state index contributed by atoms with van der Waals surface area (Å²) in [5.74, 6) is 2.69. The molecule has 3 atom stereocenters.